The number of hydrogen-bond donors (Lipinski definition) is 3. The molecule has 0 spiro atoms. The van der Waals surface area contributed by atoms with Crippen LogP contribution in [0.2, 0.25) is 0 Å². The fourth-order valence-electron chi connectivity index (χ4n) is 2.30. The van der Waals surface area contributed by atoms with Crippen molar-refractivity contribution in [2.75, 3.05) is 58.4 Å². The molecule has 2 rings (SSSR count). The summed E-state index contributed by atoms with van der Waals surface area (Å²) in [6.45, 7) is 3.92. The molecule has 1 aliphatic heterocycles. The number of nitrogen functional groups attached to an aromatic ring is 1. The van der Waals surface area contributed by atoms with E-state index in [1.165, 1.54) is 11.5 Å². The number of nitrogens with two attached hydrogens (primary N) is 1. The van der Waals surface area contributed by atoms with Crippen molar-refractivity contribution in [1.29, 1.82) is 0 Å². The van der Waals surface area contributed by atoms with Gasteiger partial charge in [0.25, 0.3) is 5.91 Å². The van der Waals surface area contributed by atoms with Gasteiger partial charge in [-0.3, -0.25) is 9.69 Å². The maximum absolute atomic E-state index is 11.8. The van der Waals surface area contributed by atoms with E-state index in [9.17, 15) is 4.79 Å². The molecule has 1 fully saturated rings. The first-order valence-electron chi connectivity index (χ1n) is 6.62. The Labute approximate surface area is 123 Å². The molecule has 0 radical (unpaired) electrons. The monoisotopic (exact) mass is 298 g/mol. The van der Waals surface area contributed by atoms with Crippen LogP contribution < -0.4 is 16.4 Å². The summed E-state index contributed by atoms with van der Waals surface area (Å²) in [4.78, 5) is 16.4. The number of anilines is 2. The largest absolute Gasteiger partial charge is 0.382 e. The predicted molar refractivity (Wildman–Crippen MR) is 82.3 cm³/mol. The lowest BCUT2D eigenvalue weighted by Crippen LogP contribution is -2.52. The van der Waals surface area contributed by atoms with Crippen molar-refractivity contribution in [3.63, 3.8) is 0 Å². The zero-order valence-corrected chi connectivity index (χ0v) is 13.0. The smallest absolute Gasteiger partial charge is 0.257 e. The zero-order chi connectivity index (χ0) is 14.7. The Morgan fingerprint density at radius 2 is 2.25 bits per heavy atom. The fraction of sp³-hybridized carbons (Fsp3) is 0.667. The first-order chi connectivity index (χ1) is 9.52. The maximum atomic E-state index is 11.8. The Balaban J connectivity index is 2.02. The Kier molecular flexibility index (Phi) is 4.79. The van der Waals surface area contributed by atoms with Crippen LogP contribution in [0.4, 0.5) is 10.8 Å². The molecule has 0 bridgehead atoms. The molecule has 1 aliphatic rings. The summed E-state index contributed by atoms with van der Waals surface area (Å²) in [5, 5.41) is 6.65. The van der Waals surface area contributed by atoms with Gasteiger partial charge in [0.1, 0.15) is 10.6 Å². The molecule has 0 aliphatic carbocycles. The second kappa shape index (κ2) is 6.38. The quantitative estimate of drug-likeness (QED) is 0.710. The number of carbonyl (C=O) groups excluding carboxylic acids is 1. The van der Waals surface area contributed by atoms with E-state index in [0.717, 1.165) is 31.2 Å². The molecule has 7 nitrogen and oxygen atoms in total. The first kappa shape index (κ1) is 15.0. The molecule has 1 amide bonds. The van der Waals surface area contributed by atoms with Crippen LogP contribution in [0.3, 0.4) is 0 Å². The molecule has 1 saturated heterocycles. The highest BCUT2D eigenvalue weighted by molar-refractivity contribution is 7.11. The minimum absolute atomic E-state index is 0.201. The molecule has 1 atom stereocenters. The lowest BCUT2D eigenvalue weighted by Gasteiger charge is -2.37. The van der Waals surface area contributed by atoms with Crippen molar-refractivity contribution in [3.8, 4) is 0 Å². The second-order valence-electron chi connectivity index (χ2n) is 5.13. The maximum Gasteiger partial charge on any atom is 0.257 e. The summed E-state index contributed by atoms with van der Waals surface area (Å²) in [5.41, 5.74) is 6.20. The van der Waals surface area contributed by atoms with Gasteiger partial charge in [-0.25, -0.2) is 0 Å². The number of likely N-dealkylation sites (N-methyl/N-ethyl adjacent to an activating group) is 2. The third kappa shape index (κ3) is 3.20. The Morgan fingerprint density at radius 3 is 2.95 bits per heavy atom. The number of rotatable bonds is 4. The number of amides is 1. The molecule has 20 heavy (non-hydrogen) atoms. The van der Waals surface area contributed by atoms with Crippen molar-refractivity contribution in [3.05, 3.63) is 5.56 Å². The summed E-state index contributed by atoms with van der Waals surface area (Å²) in [5.74, 6) is 0.0823. The molecule has 0 aromatic carbocycles. The van der Waals surface area contributed by atoms with Gasteiger partial charge in [0.15, 0.2) is 5.82 Å². The highest BCUT2D eigenvalue weighted by Crippen LogP contribution is 2.26. The lowest BCUT2D eigenvalue weighted by atomic mass is 10.2. The molecular formula is C12H22N6OS. The first-order valence-corrected chi connectivity index (χ1v) is 7.40. The van der Waals surface area contributed by atoms with E-state index in [1.807, 2.05) is 0 Å². The van der Waals surface area contributed by atoms with Crippen LogP contribution in [-0.2, 0) is 0 Å². The van der Waals surface area contributed by atoms with Gasteiger partial charge in [0.2, 0.25) is 0 Å². The van der Waals surface area contributed by atoms with Crippen molar-refractivity contribution in [2.24, 2.45) is 0 Å². The third-order valence-corrected chi connectivity index (χ3v) is 4.47. The van der Waals surface area contributed by atoms with Gasteiger partial charge in [-0.05, 0) is 25.6 Å². The number of nitrogens with one attached hydrogen (secondary N) is 2. The standard InChI is InChI=1S/C12H22N6OS/c1-14-11(19)9-10(13)16-20-12(9)15-6-8-7-17(2)4-5-18(8)3/h8,15H,4-7H2,1-3H3,(H2,13,16)(H,14,19). The highest BCUT2D eigenvalue weighted by Gasteiger charge is 2.24. The van der Waals surface area contributed by atoms with E-state index in [0.29, 0.717) is 11.6 Å². The van der Waals surface area contributed by atoms with Crippen molar-refractivity contribution >= 4 is 28.3 Å². The minimum Gasteiger partial charge on any atom is -0.382 e. The Bertz CT molecular complexity index is 477. The number of aromatic nitrogens is 1. The number of carbonyl (C=O) groups is 1. The molecular weight excluding hydrogens is 276 g/mol. The van der Waals surface area contributed by atoms with Crippen LogP contribution in [-0.4, -0.2) is 73.4 Å². The summed E-state index contributed by atoms with van der Waals surface area (Å²) in [6, 6.07) is 0.412. The summed E-state index contributed by atoms with van der Waals surface area (Å²) < 4.78 is 4.06. The average Bonchev–Trinajstić information content (AvgIpc) is 2.80. The van der Waals surface area contributed by atoms with E-state index in [2.05, 4.69) is 38.9 Å². The predicted octanol–water partition coefficient (Wildman–Crippen LogP) is -0.257. The molecule has 0 saturated carbocycles. The van der Waals surface area contributed by atoms with E-state index in [1.54, 1.807) is 7.05 Å². The van der Waals surface area contributed by atoms with E-state index < -0.39 is 0 Å². The molecule has 1 unspecified atom stereocenters. The van der Waals surface area contributed by atoms with Gasteiger partial charge in [-0.1, -0.05) is 0 Å². The van der Waals surface area contributed by atoms with E-state index in [-0.39, 0.29) is 11.7 Å². The lowest BCUT2D eigenvalue weighted by molar-refractivity contribution is 0.0964. The average molecular weight is 298 g/mol. The number of piperazine rings is 1. The highest BCUT2D eigenvalue weighted by atomic mass is 32.1. The van der Waals surface area contributed by atoms with Crippen LogP contribution >= 0.6 is 11.5 Å². The van der Waals surface area contributed by atoms with Gasteiger partial charge < -0.3 is 21.3 Å². The molecule has 8 heteroatoms. The number of hydrogen-bond acceptors (Lipinski definition) is 7. The molecule has 4 N–H and O–H groups in total. The zero-order valence-electron chi connectivity index (χ0n) is 12.1. The van der Waals surface area contributed by atoms with Gasteiger partial charge in [0, 0.05) is 39.3 Å². The van der Waals surface area contributed by atoms with Crippen molar-refractivity contribution in [1.82, 2.24) is 19.5 Å². The molecule has 112 valence electrons. The van der Waals surface area contributed by atoms with E-state index >= 15 is 0 Å². The Morgan fingerprint density at radius 1 is 1.50 bits per heavy atom. The second-order valence-corrected chi connectivity index (χ2v) is 5.90. The van der Waals surface area contributed by atoms with Gasteiger partial charge in [0.05, 0.1) is 0 Å². The van der Waals surface area contributed by atoms with E-state index in [4.69, 9.17) is 5.73 Å². The molecule has 2 heterocycles. The molecule has 1 aromatic rings. The van der Waals surface area contributed by atoms with Crippen LogP contribution in [0.5, 0.6) is 0 Å². The SMILES string of the molecule is CNC(=O)c1c(N)nsc1NCC1CN(C)CCN1C. The number of nitrogens with zero attached hydrogens (tertiary/aromatic N) is 3. The van der Waals surface area contributed by atoms with Gasteiger partial charge >= 0.3 is 0 Å². The van der Waals surface area contributed by atoms with Crippen LogP contribution in [0, 0.1) is 0 Å². The molecule has 1 aromatic heterocycles. The summed E-state index contributed by atoms with van der Waals surface area (Å²) >= 11 is 1.23. The van der Waals surface area contributed by atoms with Crippen LogP contribution in [0.1, 0.15) is 10.4 Å². The van der Waals surface area contributed by atoms with Crippen LogP contribution in [0.15, 0.2) is 0 Å². The summed E-state index contributed by atoms with van der Waals surface area (Å²) in [7, 11) is 5.84. The van der Waals surface area contributed by atoms with Crippen LogP contribution in [0.25, 0.3) is 0 Å². The Hall–Kier alpha value is -1.38. The van der Waals surface area contributed by atoms with Gasteiger partial charge in [-0.2, -0.15) is 4.37 Å². The topological polar surface area (TPSA) is 86.5 Å². The minimum atomic E-state index is -0.201. The normalized spacial score (nSPS) is 20.9. The van der Waals surface area contributed by atoms with Crippen molar-refractivity contribution in [2.45, 2.75) is 6.04 Å². The third-order valence-electron chi connectivity index (χ3n) is 3.65. The summed E-state index contributed by atoms with van der Waals surface area (Å²) in [6.07, 6.45) is 0. The van der Waals surface area contributed by atoms with Crippen molar-refractivity contribution < 1.29 is 4.79 Å². The fourth-order valence-corrected chi connectivity index (χ4v) is 3.02. The van der Waals surface area contributed by atoms with Gasteiger partial charge in [-0.15, -0.1) is 0 Å².